The van der Waals surface area contributed by atoms with Crippen molar-refractivity contribution in [2.75, 3.05) is 19.8 Å². The number of halogens is 2. The fourth-order valence-corrected chi connectivity index (χ4v) is 3.20. The number of rotatable bonds is 10. The second-order valence-electron chi connectivity index (χ2n) is 5.51. The summed E-state index contributed by atoms with van der Waals surface area (Å²) in [6, 6.07) is 14.3. The van der Waals surface area contributed by atoms with Gasteiger partial charge in [-0.15, -0.1) is 12.4 Å². The summed E-state index contributed by atoms with van der Waals surface area (Å²) >= 11 is 2.18. The van der Waals surface area contributed by atoms with Gasteiger partial charge in [-0.1, -0.05) is 30.3 Å². The number of hydrogen-bond acceptors (Lipinski definition) is 4. The number of ether oxygens (including phenoxy) is 2. The van der Waals surface area contributed by atoms with E-state index in [4.69, 9.17) is 15.2 Å². The molecule has 0 aliphatic rings. The number of nitrogens with two attached hydrogens (primary N) is 1. The van der Waals surface area contributed by atoms with Crippen LogP contribution in [0.5, 0.6) is 11.5 Å². The van der Waals surface area contributed by atoms with Crippen LogP contribution in [0.4, 0.5) is 0 Å². The normalized spacial score (nSPS) is 10.1. The van der Waals surface area contributed by atoms with Gasteiger partial charge in [0.2, 0.25) is 0 Å². The van der Waals surface area contributed by atoms with E-state index in [-0.39, 0.29) is 19.0 Å². The summed E-state index contributed by atoms with van der Waals surface area (Å²) in [5.41, 5.74) is 7.57. The third kappa shape index (κ3) is 7.39. The third-order valence-electron chi connectivity index (χ3n) is 3.49. The van der Waals surface area contributed by atoms with Crippen molar-refractivity contribution < 1.29 is 14.3 Å². The first-order valence-corrected chi connectivity index (χ1v) is 9.29. The molecule has 3 N–H and O–H groups in total. The second kappa shape index (κ2) is 12.0. The highest BCUT2D eigenvalue weighted by molar-refractivity contribution is 14.1. The fraction of sp³-hybridized carbons (Fsp3) is 0.316. The van der Waals surface area contributed by atoms with Gasteiger partial charge >= 0.3 is 0 Å². The minimum Gasteiger partial charge on any atom is -0.490 e. The lowest BCUT2D eigenvalue weighted by atomic mass is 10.1. The topological polar surface area (TPSA) is 73.6 Å². The molecule has 1 amide bonds. The van der Waals surface area contributed by atoms with Gasteiger partial charge in [-0.25, -0.2) is 0 Å². The Hall–Kier alpha value is -1.51. The molecule has 2 aromatic carbocycles. The van der Waals surface area contributed by atoms with Gasteiger partial charge in [-0.05, 0) is 65.7 Å². The maximum Gasteiger partial charge on any atom is 0.255 e. The van der Waals surface area contributed by atoms with Crippen LogP contribution in [0.1, 0.15) is 18.1 Å². The SMILES string of the molecule is CCOc1cc(CNCCc2ccccc2)cc(I)c1OCC(N)=O.Cl. The van der Waals surface area contributed by atoms with Crippen LogP contribution >= 0.6 is 35.0 Å². The van der Waals surface area contributed by atoms with Crippen molar-refractivity contribution in [3.8, 4) is 11.5 Å². The van der Waals surface area contributed by atoms with E-state index in [1.807, 2.05) is 25.1 Å². The van der Waals surface area contributed by atoms with E-state index in [9.17, 15) is 4.79 Å². The smallest absolute Gasteiger partial charge is 0.255 e. The maximum absolute atomic E-state index is 11.0. The molecule has 0 atom stereocenters. The molecule has 2 rings (SSSR count). The van der Waals surface area contributed by atoms with E-state index >= 15 is 0 Å². The molecule has 2 aromatic rings. The quantitative estimate of drug-likeness (QED) is 0.396. The molecular weight excluding hydrogens is 467 g/mol. The molecule has 0 bridgehead atoms. The minimum atomic E-state index is -0.509. The molecule has 0 unspecified atom stereocenters. The Morgan fingerprint density at radius 2 is 1.88 bits per heavy atom. The summed E-state index contributed by atoms with van der Waals surface area (Å²) in [4.78, 5) is 11.0. The van der Waals surface area contributed by atoms with Crippen molar-refractivity contribution in [1.82, 2.24) is 5.32 Å². The van der Waals surface area contributed by atoms with Gasteiger partial charge in [0.1, 0.15) is 0 Å². The van der Waals surface area contributed by atoms with Gasteiger partial charge in [0.15, 0.2) is 18.1 Å². The monoisotopic (exact) mass is 490 g/mol. The summed E-state index contributed by atoms with van der Waals surface area (Å²) in [6.45, 7) is 3.90. The molecule has 0 aliphatic carbocycles. The van der Waals surface area contributed by atoms with Crippen molar-refractivity contribution in [1.29, 1.82) is 0 Å². The van der Waals surface area contributed by atoms with Crippen LogP contribution in [0.2, 0.25) is 0 Å². The summed E-state index contributed by atoms with van der Waals surface area (Å²) in [6.07, 6.45) is 0.982. The Labute approximate surface area is 174 Å². The van der Waals surface area contributed by atoms with Crippen LogP contribution in [0.15, 0.2) is 42.5 Å². The van der Waals surface area contributed by atoms with Gasteiger partial charge in [0.05, 0.1) is 10.2 Å². The van der Waals surface area contributed by atoms with Gasteiger partial charge in [0, 0.05) is 6.54 Å². The van der Waals surface area contributed by atoms with E-state index < -0.39 is 5.91 Å². The molecule has 0 radical (unpaired) electrons. The zero-order valence-corrected chi connectivity index (χ0v) is 17.6. The molecule has 0 saturated carbocycles. The molecular formula is C19H24ClIN2O3. The van der Waals surface area contributed by atoms with E-state index in [1.54, 1.807) is 0 Å². The molecule has 26 heavy (non-hydrogen) atoms. The first kappa shape index (κ1) is 22.5. The second-order valence-corrected chi connectivity index (χ2v) is 6.67. The van der Waals surface area contributed by atoms with Gasteiger partial charge in [-0.3, -0.25) is 4.79 Å². The Kier molecular flexibility index (Phi) is 10.4. The third-order valence-corrected chi connectivity index (χ3v) is 4.29. The first-order chi connectivity index (χ1) is 12.1. The van der Waals surface area contributed by atoms with E-state index in [0.717, 1.165) is 28.6 Å². The van der Waals surface area contributed by atoms with Crippen molar-refractivity contribution in [2.24, 2.45) is 5.73 Å². The standard InChI is InChI=1S/C19H23IN2O3.ClH/c1-2-24-17-11-15(10-16(20)19(17)25-13-18(21)23)12-22-9-8-14-6-4-3-5-7-14;/h3-7,10-11,22H,2,8-9,12-13H2,1H3,(H2,21,23);1H. The van der Waals surface area contributed by atoms with E-state index in [1.165, 1.54) is 5.56 Å². The Morgan fingerprint density at radius 3 is 2.54 bits per heavy atom. The maximum atomic E-state index is 11.0. The minimum absolute atomic E-state index is 0. The van der Waals surface area contributed by atoms with Crippen LogP contribution in [0, 0.1) is 3.57 Å². The number of carbonyl (C=O) groups is 1. The molecule has 0 saturated heterocycles. The number of benzene rings is 2. The van der Waals surface area contributed by atoms with Gasteiger partial charge in [0.25, 0.3) is 5.91 Å². The molecule has 0 fully saturated rings. The number of amides is 1. The predicted molar refractivity (Wildman–Crippen MR) is 114 cm³/mol. The van der Waals surface area contributed by atoms with Crippen molar-refractivity contribution in [3.05, 3.63) is 57.2 Å². The highest BCUT2D eigenvalue weighted by Crippen LogP contribution is 2.34. The number of carbonyl (C=O) groups excluding carboxylic acids is 1. The molecule has 0 spiro atoms. The highest BCUT2D eigenvalue weighted by atomic mass is 127. The predicted octanol–water partition coefficient (Wildman–Crippen LogP) is 3.31. The van der Waals surface area contributed by atoms with Crippen molar-refractivity contribution in [2.45, 2.75) is 19.9 Å². The number of primary amides is 1. The summed E-state index contributed by atoms with van der Waals surface area (Å²) in [5.74, 6) is 0.690. The Balaban J connectivity index is 0.00000338. The van der Waals surface area contributed by atoms with E-state index in [0.29, 0.717) is 18.1 Å². The zero-order valence-electron chi connectivity index (χ0n) is 14.7. The van der Waals surface area contributed by atoms with Gasteiger partial charge in [-0.2, -0.15) is 0 Å². The van der Waals surface area contributed by atoms with Crippen LogP contribution in [0.3, 0.4) is 0 Å². The summed E-state index contributed by atoms with van der Waals surface area (Å²) < 4.78 is 12.0. The lowest BCUT2D eigenvalue weighted by Gasteiger charge is -2.15. The van der Waals surface area contributed by atoms with Gasteiger partial charge < -0.3 is 20.5 Å². The molecule has 7 heteroatoms. The molecule has 142 valence electrons. The van der Waals surface area contributed by atoms with Crippen LogP contribution in [0.25, 0.3) is 0 Å². The van der Waals surface area contributed by atoms with Crippen LogP contribution in [-0.2, 0) is 17.8 Å². The van der Waals surface area contributed by atoms with Crippen LogP contribution < -0.4 is 20.5 Å². The highest BCUT2D eigenvalue weighted by Gasteiger charge is 2.13. The zero-order chi connectivity index (χ0) is 18.1. The number of nitrogens with one attached hydrogen (secondary N) is 1. The molecule has 0 aliphatic heterocycles. The van der Waals surface area contributed by atoms with Crippen molar-refractivity contribution in [3.63, 3.8) is 0 Å². The largest absolute Gasteiger partial charge is 0.490 e. The molecule has 5 nitrogen and oxygen atoms in total. The average molecular weight is 491 g/mol. The lowest BCUT2D eigenvalue weighted by molar-refractivity contribution is -0.119. The fourth-order valence-electron chi connectivity index (χ4n) is 2.38. The molecule has 0 heterocycles. The average Bonchev–Trinajstić information content (AvgIpc) is 2.59. The van der Waals surface area contributed by atoms with Crippen molar-refractivity contribution >= 4 is 40.9 Å². The summed E-state index contributed by atoms with van der Waals surface area (Å²) in [7, 11) is 0. The first-order valence-electron chi connectivity index (χ1n) is 8.21. The van der Waals surface area contributed by atoms with Crippen LogP contribution in [-0.4, -0.2) is 25.7 Å². The molecule has 0 aromatic heterocycles. The Bertz CT molecular complexity index is 699. The lowest BCUT2D eigenvalue weighted by Crippen LogP contribution is -2.21. The Morgan fingerprint density at radius 1 is 1.15 bits per heavy atom. The van der Waals surface area contributed by atoms with E-state index in [2.05, 4.69) is 52.2 Å². The number of hydrogen-bond donors (Lipinski definition) is 2. The summed E-state index contributed by atoms with van der Waals surface area (Å²) in [5, 5.41) is 3.44.